The summed E-state index contributed by atoms with van der Waals surface area (Å²) >= 11 is 0. The fourth-order valence-corrected chi connectivity index (χ4v) is 2.01. The Balaban J connectivity index is 2.35. The maximum atomic E-state index is 11.9. The topological polar surface area (TPSA) is 76.7 Å². The molecule has 1 atom stereocenters. The van der Waals surface area contributed by atoms with Crippen LogP contribution in [-0.4, -0.2) is 30.8 Å². The van der Waals surface area contributed by atoms with Gasteiger partial charge in [0.1, 0.15) is 11.4 Å². The molecule has 0 bridgehead atoms. The van der Waals surface area contributed by atoms with Crippen LogP contribution in [0, 0.1) is 0 Å². The summed E-state index contributed by atoms with van der Waals surface area (Å²) in [4.78, 5) is 23.4. The highest BCUT2D eigenvalue weighted by Crippen LogP contribution is 2.17. The highest BCUT2D eigenvalue weighted by atomic mass is 16.6. The molecule has 0 aliphatic rings. The Kier molecular flexibility index (Phi) is 7.55. The lowest BCUT2D eigenvalue weighted by atomic mass is 10.1. The van der Waals surface area contributed by atoms with E-state index in [9.17, 15) is 9.59 Å². The van der Waals surface area contributed by atoms with Crippen LogP contribution >= 0.6 is 0 Å². The molecule has 0 spiro atoms. The van der Waals surface area contributed by atoms with Crippen LogP contribution in [-0.2, 0) is 9.53 Å². The SMILES string of the molecule is CCOc1ccc(C(C)NC(=O)CCNC(=O)OC(C)(C)C)cc1. The molecule has 0 fully saturated rings. The molecule has 24 heavy (non-hydrogen) atoms. The Morgan fingerprint density at radius 2 is 1.79 bits per heavy atom. The van der Waals surface area contributed by atoms with Gasteiger partial charge in [-0.15, -0.1) is 0 Å². The van der Waals surface area contributed by atoms with Crippen molar-refractivity contribution in [2.75, 3.05) is 13.2 Å². The minimum atomic E-state index is -0.547. The molecular weight excluding hydrogens is 308 g/mol. The molecule has 6 nitrogen and oxygen atoms in total. The van der Waals surface area contributed by atoms with Crippen LogP contribution in [0.5, 0.6) is 5.75 Å². The number of hydrogen-bond donors (Lipinski definition) is 2. The van der Waals surface area contributed by atoms with Gasteiger partial charge in [-0.3, -0.25) is 4.79 Å². The third-order valence-corrected chi connectivity index (χ3v) is 3.09. The molecule has 0 radical (unpaired) electrons. The molecular formula is C18H28N2O4. The average molecular weight is 336 g/mol. The van der Waals surface area contributed by atoms with Crippen molar-refractivity contribution in [3.05, 3.63) is 29.8 Å². The van der Waals surface area contributed by atoms with Gasteiger partial charge >= 0.3 is 6.09 Å². The maximum Gasteiger partial charge on any atom is 0.407 e. The second-order valence-corrected chi connectivity index (χ2v) is 6.47. The van der Waals surface area contributed by atoms with Gasteiger partial charge in [-0.2, -0.15) is 0 Å². The van der Waals surface area contributed by atoms with E-state index in [0.717, 1.165) is 11.3 Å². The van der Waals surface area contributed by atoms with Crippen LogP contribution in [0.1, 0.15) is 52.6 Å². The lowest BCUT2D eigenvalue weighted by molar-refractivity contribution is -0.121. The summed E-state index contributed by atoms with van der Waals surface area (Å²) in [5, 5.41) is 5.46. The van der Waals surface area contributed by atoms with Crippen LogP contribution in [0.3, 0.4) is 0 Å². The molecule has 1 aromatic rings. The number of carbonyl (C=O) groups excluding carboxylic acids is 2. The molecule has 0 saturated carbocycles. The van der Waals surface area contributed by atoms with Gasteiger partial charge < -0.3 is 20.1 Å². The molecule has 0 heterocycles. The minimum Gasteiger partial charge on any atom is -0.494 e. The van der Waals surface area contributed by atoms with E-state index in [2.05, 4.69) is 10.6 Å². The molecule has 0 aliphatic heterocycles. The Hall–Kier alpha value is -2.24. The number of alkyl carbamates (subject to hydrolysis) is 1. The van der Waals surface area contributed by atoms with E-state index in [1.54, 1.807) is 20.8 Å². The Morgan fingerprint density at radius 3 is 2.33 bits per heavy atom. The summed E-state index contributed by atoms with van der Waals surface area (Å²) < 4.78 is 10.5. The van der Waals surface area contributed by atoms with Crippen LogP contribution in [0.2, 0.25) is 0 Å². The molecule has 134 valence electrons. The first kappa shape index (κ1) is 19.8. The first-order valence-electron chi connectivity index (χ1n) is 8.20. The van der Waals surface area contributed by atoms with Gasteiger partial charge in [0.25, 0.3) is 0 Å². The van der Waals surface area contributed by atoms with Crippen LogP contribution in [0.25, 0.3) is 0 Å². The largest absolute Gasteiger partial charge is 0.494 e. The van der Waals surface area contributed by atoms with Crippen molar-refractivity contribution < 1.29 is 19.1 Å². The number of amides is 2. The highest BCUT2D eigenvalue weighted by molar-refractivity contribution is 5.77. The van der Waals surface area contributed by atoms with Gasteiger partial charge in [0.15, 0.2) is 0 Å². The fraction of sp³-hybridized carbons (Fsp3) is 0.556. The third-order valence-electron chi connectivity index (χ3n) is 3.09. The summed E-state index contributed by atoms with van der Waals surface area (Å²) in [6, 6.07) is 7.50. The number of benzene rings is 1. The summed E-state index contributed by atoms with van der Waals surface area (Å²) in [5.74, 6) is 0.675. The fourth-order valence-electron chi connectivity index (χ4n) is 2.01. The zero-order valence-electron chi connectivity index (χ0n) is 15.1. The molecule has 1 rings (SSSR count). The average Bonchev–Trinajstić information content (AvgIpc) is 2.46. The number of rotatable bonds is 7. The maximum absolute atomic E-state index is 11.9. The van der Waals surface area contributed by atoms with E-state index >= 15 is 0 Å². The van der Waals surface area contributed by atoms with Gasteiger partial charge in [0, 0.05) is 13.0 Å². The van der Waals surface area contributed by atoms with Crippen molar-refractivity contribution in [3.8, 4) is 5.75 Å². The van der Waals surface area contributed by atoms with Crippen molar-refractivity contribution in [1.82, 2.24) is 10.6 Å². The first-order chi connectivity index (χ1) is 11.2. The van der Waals surface area contributed by atoms with Crippen molar-refractivity contribution in [3.63, 3.8) is 0 Å². The zero-order valence-corrected chi connectivity index (χ0v) is 15.1. The summed E-state index contributed by atoms with van der Waals surface area (Å²) in [6.07, 6.45) is -0.324. The zero-order chi connectivity index (χ0) is 18.2. The molecule has 0 aliphatic carbocycles. The Labute approximate surface area is 143 Å². The molecule has 6 heteroatoms. The molecule has 2 N–H and O–H groups in total. The normalized spacial score (nSPS) is 12.2. The summed E-state index contributed by atoms with van der Waals surface area (Å²) in [5.41, 5.74) is 0.445. The number of nitrogens with one attached hydrogen (secondary N) is 2. The van der Waals surface area contributed by atoms with E-state index in [1.807, 2.05) is 38.1 Å². The second-order valence-electron chi connectivity index (χ2n) is 6.47. The van der Waals surface area contributed by atoms with Crippen molar-refractivity contribution in [2.24, 2.45) is 0 Å². The molecule has 2 amide bonds. The lowest BCUT2D eigenvalue weighted by Gasteiger charge is -2.19. The predicted molar refractivity (Wildman–Crippen MR) is 93.0 cm³/mol. The monoisotopic (exact) mass is 336 g/mol. The number of hydrogen-bond acceptors (Lipinski definition) is 4. The first-order valence-corrected chi connectivity index (χ1v) is 8.20. The van der Waals surface area contributed by atoms with Gasteiger partial charge in [-0.1, -0.05) is 12.1 Å². The summed E-state index contributed by atoms with van der Waals surface area (Å²) in [7, 11) is 0. The molecule has 0 aromatic heterocycles. The van der Waals surface area contributed by atoms with Gasteiger partial charge in [-0.25, -0.2) is 4.79 Å². The molecule has 0 saturated heterocycles. The Morgan fingerprint density at radius 1 is 1.17 bits per heavy atom. The second kappa shape index (κ2) is 9.15. The van der Waals surface area contributed by atoms with Gasteiger partial charge in [0.2, 0.25) is 5.91 Å². The lowest BCUT2D eigenvalue weighted by Crippen LogP contribution is -2.35. The van der Waals surface area contributed by atoms with Crippen LogP contribution in [0.15, 0.2) is 24.3 Å². The van der Waals surface area contributed by atoms with Gasteiger partial charge in [0.05, 0.1) is 12.6 Å². The number of ether oxygens (including phenoxy) is 2. The van der Waals surface area contributed by atoms with E-state index in [0.29, 0.717) is 6.61 Å². The number of carbonyl (C=O) groups is 2. The van der Waals surface area contributed by atoms with E-state index in [-0.39, 0.29) is 24.9 Å². The predicted octanol–water partition coefficient (Wildman–Crippen LogP) is 3.18. The van der Waals surface area contributed by atoms with Crippen molar-refractivity contribution >= 4 is 12.0 Å². The van der Waals surface area contributed by atoms with E-state index in [1.165, 1.54) is 0 Å². The quantitative estimate of drug-likeness (QED) is 0.802. The van der Waals surface area contributed by atoms with Crippen molar-refractivity contribution in [1.29, 1.82) is 0 Å². The minimum absolute atomic E-state index is 0.116. The molecule has 1 aromatic carbocycles. The standard InChI is InChI=1S/C18H28N2O4/c1-6-23-15-9-7-14(8-10-15)13(2)20-16(21)11-12-19-17(22)24-18(3,4)5/h7-10,13H,6,11-12H2,1-5H3,(H,19,22)(H,20,21). The highest BCUT2D eigenvalue weighted by Gasteiger charge is 2.16. The summed E-state index contributed by atoms with van der Waals surface area (Å²) in [6.45, 7) is 10.1. The van der Waals surface area contributed by atoms with Crippen LogP contribution in [0.4, 0.5) is 4.79 Å². The van der Waals surface area contributed by atoms with Gasteiger partial charge in [-0.05, 0) is 52.3 Å². The molecule has 1 unspecified atom stereocenters. The van der Waals surface area contributed by atoms with Crippen molar-refractivity contribution in [2.45, 2.75) is 52.7 Å². The van der Waals surface area contributed by atoms with Crippen LogP contribution < -0.4 is 15.4 Å². The van der Waals surface area contributed by atoms with E-state index < -0.39 is 11.7 Å². The Bertz CT molecular complexity index is 535. The smallest absolute Gasteiger partial charge is 0.407 e. The third kappa shape index (κ3) is 7.85. The van der Waals surface area contributed by atoms with E-state index in [4.69, 9.17) is 9.47 Å².